The van der Waals surface area contributed by atoms with Crippen LogP contribution in [0.2, 0.25) is 0 Å². The van der Waals surface area contributed by atoms with E-state index < -0.39 is 5.97 Å². The molecule has 0 aliphatic rings. The molecule has 69 heavy (non-hydrogen) atoms. The number of fused-ring (bicyclic) bond motifs is 2. The largest absolute Gasteiger partial charge is 0.427 e. The second-order valence-corrected chi connectivity index (χ2v) is 17.1. The SMILES string of the molecule is C=CC(=O)Oc1cc(-c2ccc(C)cc2)c2cc(N(c3ccccc3)c3ccc(-c4ccc(N(c5ccccc5)c5ccc6cc(OC(C)=O)cc(-c7ccc(C)cc7)c6c5)cc4)cc3)ccc2c1. The first-order valence-corrected chi connectivity index (χ1v) is 22.9. The molecular formula is C63H48N2O4. The predicted molar refractivity (Wildman–Crippen MR) is 284 cm³/mol. The van der Waals surface area contributed by atoms with Crippen LogP contribution in [0.1, 0.15) is 18.1 Å². The first-order valence-electron chi connectivity index (χ1n) is 22.9. The fourth-order valence-electron chi connectivity index (χ4n) is 8.95. The Morgan fingerprint density at radius 3 is 1.16 bits per heavy atom. The van der Waals surface area contributed by atoms with E-state index in [9.17, 15) is 9.59 Å². The van der Waals surface area contributed by atoms with Crippen LogP contribution in [0.25, 0.3) is 54.9 Å². The van der Waals surface area contributed by atoms with Gasteiger partial charge < -0.3 is 19.3 Å². The lowest BCUT2D eigenvalue weighted by Crippen LogP contribution is -2.10. The summed E-state index contributed by atoms with van der Waals surface area (Å²) in [5.74, 6) is 0.120. The molecule has 0 heterocycles. The highest BCUT2D eigenvalue weighted by Gasteiger charge is 2.19. The smallest absolute Gasteiger partial charge is 0.335 e. The molecule has 0 aliphatic heterocycles. The summed E-state index contributed by atoms with van der Waals surface area (Å²) in [6.07, 6.45) is 1.18. The number of ether oxygens (including phenoxy) is 2. The first-order chi connectivity index (χ1) is 33.7. The lowest BCUT2D eigenvalue weighted by molar-refractivity contribution is -0.132. The number of aryl methyl sites for hydroxylation is 2. The summed E-state index contributed by atoms with van der Waals surface area (Å²) in [5, 5.41) is 4.00. The van der Waals surface area contributed by atoms with Gasteiger partial charge in [0.2, 0.25) is 0 Å². The van der Waals surface area contributed by atoms with Crippen LogP contribution in [-0.4, -0.2) is 11.9 Å². The van der Waals surface area contributed by atoms with Crippen molar-refractivity contribution in [3.05, 3.63) is 242 Å². The summed E-state index contributed by atoms with van der Waals surface area (Å²) in [4.78, 5) is 28.9. The Kier molecular flexibility index (Phi) is 12.1. The Morgan fingerprint density at radius 2 is 0.768 bits per heavy atom. The summed E-state index contributed by atoms with van der Waals surface area (Å²) in [5.41, 5.74) is 14.6. The maximum Gasteiger partial charge on any atom is 0.335 e. The molecule has 334 valence electrons. The monoisotopic (exact) mass is 896 g/mol. The maximum atomic E-state index is 12.3. The average molecular weight is 897 g/mol. The highest BCUT2D eigenvalue weighted by molar-refractivity contribution is 6.03. The minimum Gasteiger partial charge on any atom is -0.427 e. The van der Waals surface area contributed by atoms with Crippen LogP contribution < -0.4 is 19.3 Å². The minimum absolute atomic E-state index is 0.356. The van der Waals surface area contributed by atoms with Crippen LogP contribution in [0.5, 0.6) is 11.5 Å². The van der Waals surface area contributed by atoms with Gasteiger partial charge >= 0.3 is 11.9 Å². The zero-order valence-electron chi connectivity index (χ0n) is 38.6. The van der Waals surface area contributed by atoms with Gasteiger partial charge in [-0.05, 0) is 166 Å². The molecule has 0 N–H and O–H groups in total. The molecule has 0 radical (unpaired) electrons. The fourth-order valence-corrected chi connectivity index (χ4v) is 8.95. The molecule has 0 amide bonds. The molecule has 0 saturated heterocycles. The highest BCUT2D eigenvalue weighted by atomic mass is 16.5. The highest BCUT2D eigenvalue weighted by Crippen LogP contribution is 2.43. The number of nitrogens with zero attached hydrogens (tertiary/aromatic N) is 2. The molecule has 10 aromatic carbocycles. The Morgan fingerprint density at radius 1 is 0.406 bits per heavy atom. The van der Waals surface area contributed by atoms with Crippen molar-refractivity contribution in [2.24, 2.45) is 0 Å². The Bertz CT molecular complexity index is 3500. The molecule has 0 saturated carbocycles. The van der Waals surface area contributed by atoms with Gasteiger partial charge in [-0.1, -0.05) is 139 Å². The van der Waals surface area contributed by atoms with E-state index in [1.54, 1.807) is 0 Å². The van der Waals surface area contributed by atoms with Crippen LogP contribution >= 0.6 is 0 Å². The van der Waals surface area contributed by atoms with Crippen molar-refractivity contribution in [3.8, 4) is 44.9 Å². The van der Waals surface area contributed by atoms with Crippen LogP contribution in [-0.2, 0) is 9.59 Å². The van der Waals surface area contributed by atoms with E-state index in [0.717, 1.165) is 94.6 Å². The van der Waals surface area contributed by atoms with Gasteiger partial charge in [-0.2, -0.15) is 0 Å². The van der Waals surface area contributed by atoms with Gasteiger partial charge in [0.1, 0.15) is 11.5 Å². The number of anilines is 6. The molecule has 6 heteroatoms. The third-order valence-electron chi connectivity index (χ3n) is 12.3. The second-order valence-electron chi connectivity index (χ2n) is 17.1. The molecule has 0 atom stereocenters. The zero-order valence-corrected chi connectivity index (χ0v) is 38.6. The van der Waals surface area contributed by atoms with Gasteiger partial charge in [0.05, 0.1) is 0 Å². The van der Waals surface area contributed by atoms with Gasteiger partial charge in [0.25, 0.3) is 0 Å². The standard InChI is InChI=1S/C63H48N2O4/c1-5-63(67)69-58-37-50-29-35-56(39-60(50)62(41-58)48-22-18-43(3)19-23-48)65(52-14-10-7-11-15-52)54-32-26-46(27-33-54)45-24-30-53(31-25-45)64(51-12-8-6-9-13-51)55-34-28-49-36-57(68-44(4)66)40-61(59(49)38-55)47-20-16-42(2)17-21-47/h5-41H,1H2,2-4H3. The van der Waals surface area contributed by atoms with Crippen molar-refractivity contribution in [1.82, 2.24) is 0 Å². The number of carbonyl (C=O) groups is 2. The van der Waals surface area contributed by atoms with E-state index in [-0.39, 0.29) is 5.97 Å². The molecule has 10 rings (SSSR count). The maximum absolute atomic E-state index is 12.3. The van der Waals surface area contributed by atoms with Crippen molar-refractivity contribution in [2.75, 3.05) is 9.80 Å². The molecule has 6 nitrogen and oxygen atoms in total. The zero-order chi connectivity index (χ0) is 47.4. The van der Waals surface area contributed by atoms with Crippen LogP contribution in [0.3, 0.4) is 0 Å². The second kappa shape index (κ2) is 19.1. The number of benzene rings is 10. The quantitative estimate of drug-likeness (QED) is 0.0692. The lowest BCUT2D eigenvalue weighted by Gasteiger charge is -2.27. The molecule has 0 spiro atoms. The minimum atomic E-state index is -0.502. The van der Waals surface area contributed by atoms with Gasteiger partial charge in [0.15, 0.2) is 0 Å². The number of carbonyl (C=O) groups excluding carboxylic acids is 2. The summed E-state index contributed by atoms with van der Waals surface area (Å²) in [6, 6.07) is 75.5. The molecule has 10 aromatic rings. The normalized spacial score (nSPS) is 11.0. The summed E-state index contributed by atoms with van der Waals surface area (Å²) in [6.45, 7) is 9.16. The summed E-state index contributed by atoms with van der Waals surface area (Å²) < 4.78 is 11.3. The first kappa shape index (κ1) is 43.9. The predicted octanol–water partition coefficient (Wildman–Crippen LogP) is 16.6. The summed E-state index contributed by atoms with van der Waals surface area (Å²) in [7, 11) is 0. The Balaban J connectivity index is 1.00. The van der Waals surface area contributed by atoms with Crippen molar-refractivity contribution in [1.29, 1.82) is 0 Å². The van der Waals surface area contributed by atoms with Crippen molar-refractivity contribution in [2.45, 2.75) is 20.8 Å². The van der Waals surface area contributed by atoms with E-state index in [2.05, 4.69) is 212 Å². The van der Waals surface area contributed by atoms with Crippen LogP contribution in [0.15, 0.2) is 231 Å². The number of hydrogen-bond acceptors (Lipinski definition) is 6. The third-order valence-corrected chi connectivity index (χ3v) is 12.3. The van der Waals surface area contributed by atoms with E-state index in [0.29, 0.717) is 11.5 Å². The van der Waals surface area contributed by atoms with Gasteiger partial charge in [-0.25, -0.2) is 4.79 Å². The third kappa shape index (κ3) is 9.37. The molecule has 0 fully saturated rings. The molecular weight excluding hydrogens is 849 g/mol. The van der Waals surface area contributed by atoms with Gasteiger partial charge in [-0.15, -0.1) is 0 Å². The van der Waals surface area contributed by atoms with E-state index in [1.165, 1.54) is 18.6 Å². The molecule has 0 aliphatic carbocycles. The topological polar surface area (TPSA) is 59.1 Å². The van der Waals surface area contributed by atoms with Crippen LogP contribution in [0.4, 0.5) is 34.1 Å². The average Bonchev–Trinajstić information content (AvgIpc) is 3.37. The molecule has 0 aromatic heterocycles. The van der Waals surface area contributed by atoms with E-state index in [4.69, 9.17) is 9.47 Å². The molecule has 0 unspecified atom stereocenters. The number of para-hydroxylation sites is 2. The van der Waals surface area contributed by atoms with E-state index >= 15 is 0 Å². The Hall–Kier alpha value is -9.00. The number of esters is 2. The van der Waals surface area contributed by atoms with Crippen molar-refractivity contribution in [3.63, 3.8) is 0 Å². The summed E-state index contributed by atoms with van der Waals surface area (Å²) >= 11 is 0. The van der Waals surface area contributed by atoms with Gasteiger partial charge in [-0.3, -0.25) is 4.79 Å². The van der Waals surface area contributed by atoms with Crippen molar-refractivity contribution < 1.29 is 19.1 Å². The fraction of sp³-hybridized carbons (Fsp3) is 0.0476. The van der Waals surface area contributed by atoms with Crippen LogP contribution in [0, 0.1) is 13.8 Å². The van der Waals surface area contributed by atoms with Crippen molar-refractivity contribution >= 4 is 67.6 Å². The number of rotatable bonds is 12. The number of hydrogen-bond donors (Lipinski definition) is 0. The van der Waals surface area contributed by atoms with E-state index in [1.807, 2.05) is 36.4 Å². The van der Waals surface area contributed by atoms with Gasteiger partial charge in [0, 0.05) is 47.1 Å². The lowest BCUT2D eigenvalue weighted by atomic mass is 9.96. The molecule has 0 bridgehead atoms. The Labute approximate surface area is 402 Å².